The van der Waals surface area contributed by atoms with E-state index in [4.69, 9.17) is 9.84 Å². The maximum Gasteiger partial charge on any atom is 0.318 e. The van der Waals surface area contributed by atoms with Crippen molar-refractivity contribution < 1.29 is 19.4 Å². The smallest absolute Gasteiger partial charge is 0.318 e. The van der Waals surface area contributed by atoms with Gasteiger partial charge in [0.2, 0.25) is 5.91 Å². The molecule has 0 bridgehead atoms. The fourth-order valence-electron chi connectivity index (χ4n) is 2.15. The zero-order chi connectivity index (χ0) is 12.9. The van der Waals surface area contributed by atoms with Crippen LogP contribution in [0.5, 0.6) is 0 Å². The van der Waals surface area contributed by atoms with Crippen molar-refractivity contribution in [3.63, 3.8) is 0 Å². The molecule has 0 aromatic heterocycles. The van der Waals surface area contributed by atoms with Crippen molar-refractivity contribution in [2.75, 3.05) is 13.7 Å². The number of rotatable bonds is 6. The highest BCUT2D eigenvalue weighted by atomic mass is 16.5. The van der Waals surface area contributed by atoms with Gasteiger partial charge >= 0.3 is 5.97 Å². The van der Waals surface area contributed by atoms with Gasteiger partial charge in [-0.05, 0) is 39.0 Å². The number of hydrogen-bond acceptors (Lipinski definition) is 3. The molecule has 17 heavy (non-hydrogen) atoms. The third-order valence-electron chi connectivity index (χ3n) is 3.43. The molecule has 1 aliphatic heterocycles. The summed E-state index contributed by atoms with van der Waals surface area (Å²) in [4.78, 5) is 22.7. The highest BCUT2D eigenvalue weighted by Gasteiger charge is 2.40. The first-order valence-corrected chi connectivity index (χ1v) is 6.08. The average Bonchev–Trinajstić information content (AvgIpc) is 2.80. The van der Waals surface area contributed by atoms with E-state index in [0.717, 1.165) is 25.9 Å². The lowest BCUT2D eigenvalue weighted by Gasteiger charge is -2.23. The van der Waals surface area contributed by atoms with Crippen LogP contribution in [0.1, 0.15) is 39.0 Å². The molecule has 0 aromatic carbocycles. The molecule has 98 valence electrons. The summed E-state index contributed by atoms with van der Waals surface area (Å²) in [5.41, 5.74) is -1.33. The number of hydrogen-bond donors (Lipinski definition) is 2. The van der Waals surface area contributed by atoms with E-state index < -0.39 is 17.3 Å². The topological polar surface area (TPSA) is 75.6 Å². The van der Waals surface area contributed by atoms with Crippen molar-refractivity contribution in [1.29, 1.82) is 0 Å². The maximum absolute atomic E-state index is 11.6. The van der Waals surface area contributed by atoms with Crippen LogP contribution in [-0.4, -0.2) is 36.7 Å². The Hall–Kier alpha value is -1.10. The molecule has 1 amide bonds. The number of aliphatic carboxylic acids is 1. The second-order valence-electron chi connectivity index (χ2n) is 4.74. The van der Waals surface area contributed by atoms with E-state index in [1.807, 2.05) is 0 Å². The van der Waals surface area contributed by atoms with Crippen LogP contribution in [0, 0.1) is 5.41 Å². The molecule has 1 rings (SSSR count). The number of carbonyl (C=O) groups excluding carboxylic acids is 1. The Kier molecular flexibility index (Phi) is 4.93. The molecule has 2 unspecified atom stereocenters. The predicted molar refractivity (Wildman–Crippen MR) is 62.6 cm³/mol. The van der Waals surface area contributed by atoms with Crippen LogP contribution < -0.4 is 5.32 Å². The second kappa shape index (κ2) is 6.00. The first-order valence-electron chi connectivity index (χ1n) is 6.08. The van der Waals surface area contributed by atoms with E-state index in [1.165, 1.54) is 14.0 Å². The van der Waals surface area contributed by atoms with Crippen LogP contribution in [0.15, 0.2) is 0 Å². The summed E-state index contributed by atoms with van der Waals surface area (Å²) in [5.74, 6) is -1.50. The summed E-state index contributed by atoms with van der Waals surface area (Å²) in [5, 5.41) is 11.5. The van der Waals surface area contributed by atoms with E-state index >= 15 is 0 Å². The highest BCUT2D eigenvalue weighted by Crippen LogP contribution is 2.27. The summed E-state index contributed by atoms with van der Waals surface area (Å²) in [7, 11) is 1.46. The Balaban J connectivity index is 2.44. The number of amides is 1. The van der Waals surface area contributed by atoms with Crippen LogP contribution in [0.4, 0.5) is 0 Å². The van der Waals surface area contributed by atoms with Crippen LogP contribution in [0.3, 0.4) is 0 Å². The molecule has 0 spiro atoms. The minimum absolute atomic E-state index is 0.248. The molecule has 1 fully saturated rings. The molecule has 5 nitrogen and oxygen atoms in total. The lowest BCUT2D eigenvalue weighted by atomic mass is 9.83. The first kappa shape index (κ1) is 14.0. The molecule has 0 aromatic rings. The largest absolute Gasteiger partial charge is 0.480 e. The highest BCUT2D eigenvalue weighted by molar-refractivity contribution is 6.01. The van der Waals surface area contributed by atoms with Crippen LogP contribution in [0.2, 0.25) is 0 Å². The number of nitrogens with one attached hydrogen (secondary N) is 1. The fourth-order valence-corrected chi connectivity index (χ4v) is 2.15. The number of ether oxygens (including phenoxy) is 1. The molecule has 1 aliphatic rings. The van der Waals surface area contributed by atoms with Gasteiger partial charge in [-0.25, -0.2) is 0 Å². The molecule has 0 radical (unpaired) electrons. The van der Waals surface area contributed by atoms with Crippen LogP contribution in [0.25, 0.3) is 0 Å². The molecule has 5 heteroatoms. The maximum atomic E-state index is 11.6. The minimum atomic E-state index is -1.33. The zero-order valence-corrected chi connectivity index (χ0v) is 10.5. The summed E-state index contributed by atoms with van der Waals surface area (Å²) in [6, 6.07) is 0. The normalized spacial score (nSPS) is 23.1. The lowest BCUT2D eigenvalue weighted by Crippen LogP contribution is -2.43. The van der Waals surface area contributed by atoms with E-state index in [-0.39, 0.29) is 6.10 Å². The standard InChI is InChI=1S/C12H21NO4/c1-12(11(15)16,10(14)13-2)7-3-5-9-6-4-8-17-9/h9H,3-8H2,1-2H3,(H,13,14)(H,15,16). The number of carboxylic acid groups (broad SMARTS) is 1. The molecule has 0 saturated carbocycles. The minimum Gasteiger partial charge on any atom is -0.480 e. The summed E-state index contributed by atoms with van der Waals surface area (Å²) in [6.45, 7) is 2.28. The van der Waals surface area contributed by atoms with Crippen molar-refractivity contribution in [2.45, 2.75) is 45.1 Å². The fraction of sp³-hybridized carbons (Fsp3) is 0.833. The summed E-state index contributed by atoms with van der Waals surface area (Å²) in [6.07, 6.45) is 4.25. The third kappa shape index (κ3) is 3.43. The van der Waals surface area contributed by atoms with E-state index in [9.17, 15) is 9.59 Å². The van der Waals surface area contributed by atoms with E-state index in [0.29, 0.717) is 12.8 Å². The molecule has 1 heterocycles. The number of carboxylic acids is 1. The van der Waals surface area contributed by atoms with E-state index in [1.54, 1.807) is 0 Å². The Bertz CT molecular complexity index is 286. The van der Waals surface area contributed by atoms with Gasteiger partial charge in [0.25, 0.3) is 0 Å². The van der Waals surface area contributed by atoms with Gasteiger partial charge in [0.15, 0.2) is 0 Å². The van der Waals surface area contributed by atoms with Gasteiger partial charge in [-0.1, -0.05) is 0 Å². The molecule has 2 atom stereocenters. The lowest BCUT2D eigenvalue weighted by molar-refractivity contribution is -0.155. The van der Waals surface area contributed by atoms with Crippen molar-refractivity contribution in [3.8, 4) is 0 Å². The predicted octanol–water partition coefficient (Wildman–Crippen LogP) is 1.17. The quantitative estimate of drug-likeness (QED) is 0.687. The summed E-state index contributed by atoms with van der Waals surface area (Å²) >= 11 is 0. The molecule has 2 N–H and O–H groups in total. The van der Waals surface area contributed by atoms with Crippen molar-refractivity contribution in [1.82, 2.24) is 5.32 Å². The van der Waals surface area contributed by atoms with Gasteiger partial charge in [-0.2, -0.15) is 0 Å². The zero-order valence-electron chi connectivity index (χ0n) is 10.5. The average molecular weight is 243 g/mol. The van der Waals surface area contributed by atoms with Gasteiger partial charge in [-0.15, -0.1) is 0 Å². The summed E-state index contributed by atoms with van der Waals surface area (Å²) < 4.78 is 5.47. The first-order chi connectivity index (χ1) is 8.00. The Morgan fingerprint density at radius 2 is 2.24 bits per heavy atom. The van der Waals surface area contributed by atoms with Crippen LogP contribution in [-0.2, 0) is 14.3 Å². The molecular weight excluding hydrogens is 222 g/mol. The monoisotopic (exact) mass is 243 g/mol. The van der Waals surface area contributed by atoms with E-state index in [2.05, 4.69) is 5.32 Å². The van der Waals surface area contributed by atoms with Crippen molar-refractivity contribution >= 4 is 11.9 Å². The SMILES string of the molecule is CNC(=O)C(C)(CCCC1CCCO1)C(=O)O. The Labute approximate surface area is 102 Å². The molecule has 1 saturated heterocycles. The van der Waals surface area contributed by atoms with Gasteiger partial charge in [0, 0.05) is 13.7 Å². The Morgan fingerprint density at radius 1 is 1.53 bits per heavy atom. The van der Waals surface area contributed by atoms with Crippen LogP contribution >= 0.6 is 0 Å². The van der Waals surface area contributed by atoms with Gasteiger partial charge < -0.3 is 15.2 Å². The van der Waals surface area contributed by atoms with Gasteiger partial charge in [-0.3, -0.25) is 9.59 Å². The Morgan fingerprint density at radius 3 is 2.71 bits per heavy atom. The molecular formula is C12H21NO4. The second-order valence-corrected chi connectivity index (χ2v) is 4.74. The molecule has 0 aliphatic carbocycles. The third-order valence-corrected chi connectivity index (χ3v) is 3.43. The van der Waals surface area contributed by atoms with Gasteiger partial charge in [0.1, 0.15) is 5.41 Å². The van der Waals surface area contributed by atoms with Crippen molar-refractivity contribution in [3.05, 3.63) is 0 Å². The van der Waals surface area contributed by atoms with Crippen molar-refractivity contribution in [2.24, 2.45) is 5.41 Å². The van der Waals surface area contributed by atoms with Gasteiger partial charge in [0.05, 0.1) is 6.10 Å². The number of carbonyl (C=O) groups is 2.